The van der Waals surface area contributed by atoms with Crippen LogP contribution < -0.4 is 10.2 Å². The van der Waals surface area contributed by atoms with Crippen LogP contribution >= 0.6 is 36.2 Å². The lowest BCUT2D eigenvalue weighted by atomic mass is 9.98. The summed E-state index contributed by atoms with van der Waals surface area (Å²) in [6.45, 7) is 6.32. The number of thiocarbonyl (C=S) groups is 1. The van der Waals surface area contributed by atoms with Gasteiger partial charge in [-0.2, -0.15) is 0 Å². The molecule has 7 heteroatoms. The van der Waals surface area contributed by atoms with E-state index in [9.17, 15) is 0 Å². The Bertz CT molecular complexity index is 632. The molecule has 0 aliphatic carbocycles. The minimum Gasteiger partial charge on any atom is -0.338 e. The lowest BCUT2D eigenvalue weighted by Crippen LogP contribution is -2.09. The molecule has 0 saturated heterocycles. The maximum atomic E-state index is 8.92. The molecule has 0 fully saturated rings. The molecular formula is C12H14N2O2S3. The van der Waals surface area contributed by atoms with Crippen molar-refractivity contribution in [2.45, 2.75) is 26.2 Å². The summed E-state index contributed by atoms with van der Waals surface area (Å²) >= 11 is 10.5. The van der Waals surface area contributed by atoms with Crippen LogP contribution in [-0.2, 0) is 5.41 Å². The van der Waals surface area contributed by atoms with E-state index in [1.165, 1.54) is 0 Å². The molecular weight excluding hydrogens is 300 g/mol. The fraction of sp³-hybridized carbons (Fsp3) is 0.333. The summed E-state index contributed by atoms with van der Waals surface area (Å²) in [6.07, 6.45) is 0. The zero-order valence-electron chi connectivity index (χ0n) is 10.7. The Morgan fingerprint density at radius 3 is 2.68 bits per heavy atom. The van der Waals surface area contributed by atoms with Gasteiger partial charge in [-0.05, 0) is 6.07 Å². The van der Waals surface area contributed by atoms with Crippen LogP contribution in [0.4, 0.5) is 5.69 Å². The highest BCUT2D eigenvalue weighted by Gasteiger charge is 2.20. The first-order valence-corrected chi connectivity index (χ1v) is 7.25. The van der Waals surface area contributed by atoms with Crippen LogP contribution in [0.5, 0.6) is 5.75 Å². The van der Waals surface area contributed by atoms with Gasteiger partial charge in [0, 0.05) is 11.5 Å². The Hall–Kier alpha value is -0.890. The number of aromatic nitrogens is 1. The molecule has 0 atom stereocenters. The smallest absolute Gasteiger partial charge is 0.190 e. The maximum Gasteiger partial charge on any atom is 0.190 e. The fourth-order valence-corrected chi connectivity index (χ4v) is 2.84. The zero-order valence-corrected chi connectivity index (χ0v) is 13.2. The molecule has 102 valence electrons. The van der Waals surface area contributed by atoms with Gasteiger partial charge in [-0.25, -0.2) is 10.2 Å². The summed E-state index contributed by atoms with van der Waals surface area (Å²) in [5.74, 6) is 0.273. The first-order valence-electron chi connectivity index (χ1n) is 5.57. The van der Waals surface area contributed by atoms with E-state index in [1.807, 2.05) is 6.07 Å². The van der Waals surface area contributed by atoms with Crippen LogP contribution in [0, 0.1) is 0 Å². The highest BCUT2D eigenvalue weighted by molar-refractivity contribution is 8.11. The van der Waals surface area contributed by atoms with Gasteiger partial charge in [-0.1, -0.05) is 33.0 Å². The highest BCUT2D eigenvalue weighted by Crippen LogP contribution is 2.36. The number of rotatable bonds is 2. The van der Waals surface area contributed by atoms with E-state index in [2.05, 4.69) is 48.6 Å². The predicted octanol–water partition coefficient (Wildman–Crippen LogP) is 4.07. The molecule has 0 saturated carbocycles. The van der Waals surface area contributed by atoms with Crippen LogP contribution in [0.1, 0.15) is 25.8 Å². The second kappa shape index (κ2) is 5.24. The average Bonchev–Trinajstić information content (AvgIpc) is 2.69. The number of hydrogen-bond acceptors (Lipinski definition) is 5. The SMILES string of the molecule is CC(C)(C)c1nc2cc(OO)c(NC(=S)S)cc2s1. The Kier molecular flexibility index (Phi) is 4.00. The van der Waals surface area contributed by atoms with Crippen molar-refractivity contribution >= 4 is 56.4 Å². The van der Waals surface area contributed by atoms with Crippen molar-refractivity contribution in [3.63, 3.8) is 0 Å². The molecule has 0 unspecified atom stereocenters. The van der Waals surface area contributed by atoms with Crippen molar-refractivity contribution in [1.82, 2.24) is 4.98 Å². The summed E-state index contributed by atoms with van der Waals surface area (Å²) in [4.78, 5) is 8.92. The van der Waals surface area contributed by atoms with E-state index < -0.39 is 0 Å². The Morgan fingerprint density at radius 2 is 2.16 bits per heavy atom. The molecule has 2 aromatic rings. The van der Waals surface area contributed by atoms with Crippen LogP contribution in [0.15, 0.2) is 12.1 Å². The van der Waals surface area contributed by atoms with Gasteiger partial charge >= 0.3 is 0 Å². The first-order chi connectivity index (χ1) is 8.81. The third-order valence-electron chi connectivity index (χ3n) is 2.47. The lowest BCUT2D eigenvalue weighted by Gasteiger charge is -2.13. The summed E-state index contributed by atoms with van der Waals surface area (Å²) in [5, 5.41) is 12.8. The molecule has 19 heavy (non-hydrogen) atoms. The molecule has 0 aliphatic rings. The van der Waals surface area contributed by atoms with Crippen molar-refractivity contribution in [3.05, 3.63) is 17.1 Å². The Balaban J connectivity index is 2.57. The van der Waals surface area contributed by atoms with Gasteiger partial charge in [0.2, 0.25) is 0 Å². The number of nitrogens with zero attached hydrogens (tertiary/aromatic N) is 1. The number of nitrogens with one attached hydrogen (secondary N) is 1. The van der Waals surface area contributed by atoms with Crippen molar-refractivity contribution in [3.8, 4) is 5.75 Å². The third kappa shape index (κ3) is 3.17. The van der Waals surface area contributed by atoms with Crippen molar-refractivity contribution in [2.75, 3.05) is 5.32 Å². The van der Waals surface area contributed by atoms with Crippen LogP contribution in [0.3, 0.4) is 0 Å². The highest BCUT2D eigenvalue weighted by atomic mass is 32.1. The van der Waals surface area contributed by atoms with Crippen molar-refractivity contribution in [2.24, 2.45) is 0 Å². The molecule has 0 spiro atoms. The average molecular weight is 314 g/mol. The summed E-state index contributed by atoms with van der Waals surface area (Å²) in [6, 6.07) is 3.52. The Morgan fingerprint density at radius 1 is 1.47 bits per heavy atom. The number of hydrogen-bond donors (Lipinski definition) is 3. The van der Waals surface area contributed by atoms with E-state index in [0.29, 0.717) is 10.0 Å². The lowest BCUT2D eigenvalue weighted by molar-refractivity contribution is -0.136. The normalized spacial score (nSPS) is 11.6. The van der Waals surface area contributed by atoms with Gasteiger partial charge in [0.25, 0.3) is 0 Å². The minimum absolute atomic E-state index is 0.0175. The molecule has 2 rings (SSSR count). The quantitative estimate of drug-likeness (QED) is 0.338. The number of thiazole rings is 1. The van der Waals surface area contributed by atoms with Crippen LogP contribution in [0.25, 0.3) is 10.2 Å². The van der Waals surface area contributed by atoms with E-state index in [0.717, 1.165) is 15.2 Å². The second-order valence-corrected chi connectivity index (χ2v) is 7.30. The number of thiol groups is 1. The number of fused-ring (bicyclic) bond motifs is 1. The van der Waals surface area contributed by atoms with E-state index >= 15 is 0 Å². The summed E-state index contributed by atoms with van der Waals surface area (Å²) in [5.41, 5.74) is 1.34. The maximum absolute atomic E-state index is 8.92. The molecule has 0 aliphatic heterocycles. The Labute approximate surface area is 126 Å². The van der Waals surface area contributed by atoms with Gasteiger partial charge in [-0.15, -0.1) is 24.0 Å². The summed E-state index contributed by atoms with van der Waals surface area (Å²) < 4.78 is 1.30. The van der Waals surface area contributed by atoms with Crippen molar-refractivity contribution in [1.29, 1.82) is 0 Å². The molecule has 4 nitrogen and oxygen atoms in total. The molecule has 1 aromatic heterocycles. The van der Waals surface area contributed by atoms with Gasteiger partial charge in [-0.3, -0.25) is 0 Å². The number of benzene rings is 1. The monoisotopic (exact) mass is 314 g/mol. The molecule has 1 aromatic carbocycles. The van der Waals surface area contributed by atoms with E-state index in [4.69, 9.17) is 17.5 Å². The topological polar surface area (TPSA) is 54.4 Å². The van der Waals surface area contributed by atoms with Crippen LogP contribution in [-0.4, -0.2) is 14.6 Å². The van der Waals surface area contributed by atoms with Crippen LogP contribution in [0.2, 0.25) is 0 Å². The molecule has 1 heterocycles. The minimum atomic E-state index is -0.0175. The fourth-order valence-electron chi connectivity index (χ4n) is 1.56. The van der Waals surface area contributed by atoms with Gasteiger partial charge in [0.05, 0.1) is 20.9 Å². The second-order valence-electron chi connectivity index (χ2n) is 5.11. The summed E-state index contributed by atoms with van der Waals surface area (Å²) in [7, 11) is 0. The molecule has 2 N–H and O–H groups in total. The zero-order chi connectivity index (χ0) is 14.2. The van der Waals surface area contributed by atoms with Crippen molar-refractivity contribution < 1.29 is 10.1 Å². The van der Waals surface area contributed by atoms with E-state index in [-0.39, 0.29) is 11.2 Å². The molecule has 0 radical (unpaired) electrons. The van der Waals surface area contributed by atoms with Gasteiger partial charge in [0.1, 0.15) is 4.32 Å². The molecule has 0 bridgehead atoms. The number of anilines is 1. The standard InChI is InChI=1S/C12H14N2O2S3/c1-12(2,3)10-13-7-4-8(16-15)6(14-11(17)18)5-9(7)19-10/h4-5,15H,1-3H3,(H2,14,17,18). The first kappa shape index (κ1) is 14.5. The van der Waals surface area contributed by atoms with Gasteiger partial charge < -0.3 is 10.2 Å². The largest absolute Gasteiger partial charge is 0.338 e. The third-order valence-corrected chi connectivity index (χ3v) is 4.13. The molecule has 0 amide bonds. The van der Waals surface area contributed by atoms with Gasteiger partial charge in [0.15, 0.2) is 5.75 Å². The van der Waals surface area contributed by atoms with E-state index in [1.54, 1.807) is 17.4 Å². The predicted molar refractivity (Wildman–Crippen MR) is 86.8 cm³/mol.